The molecule has 15 heavy (non-hydrogen) atoms. The van der Waals surface area contributed by atoms with Crippen molar-refractivity contribution < 1.29 is 14.8 Å². The summed E-state index contributed by atoms with van der Waals surface area (Å²) in [6.07, 6.45) is 2.24. The summed E-state index contributed by atoms with van der Waals surface area (Å²) >= 11 is 0. The average Bonchev–Trinajstić information content (AvgIpc) is 2.15. The molecule has 0 fully saturated rings. The second kappa shape index (κ2) is 4.23. The number of benzene rings is 1. The number of nitro benzene ring substituents is 1. The Morgan fingerprint density at radius 3 is 2.73 bits per heavy atom. The Bertz CT molecular complexity index is 440. The lowest BCUT2D eigenvalue weighted by Gasteiger charge is -1.97. The topological polar surface area (TPSA) is 106 Å². The van der Waals surface area contributed by atoms with Gasteiger partial charge in [0.25, 0.3) is 5.69 Å². The smallest absolute Gasteiger partial charge is 0.280 e. The molecule has 78 valence electrons. The molecule has 1 rings (SSSR count). The van der Waals surface area contributed by atoms with Gasteiger partial charge in [-0.2, -0.15) is 0 Å². The third kappa shape index (κ3) is 2.80. The lowest BCUT2D eigenvalue weighted by atomic mass is 10.1. The first kappa shape index (κ1) is 10.7. The normalized spacial score (nSPS) is 10.4. The molecule has 0 bridgehead atoms. The standard InChI is InChI=1S/C9H8N2O4/c10-9(13)4-2-6-1-3-7(12)5-8(6)11(14)15/h1-5,12H,(H2,10,13). The zero-order chi connectivity index (χ0) is 11.4. The number of phenolic OH excluding ortho intramolecular Hbond substituents is 1. The van der Waals surface area contributed by atoms with Gasteiger partial charge in [-0.25, -0.2) is 0 Å². The molecule has 0 saturated heterocycles. The average molecular weight is 208 g/mol. The molecule has 0 spiro atoms. The minimum atomic E-state index is -0.697. The first-order chi connectivity index (χ1) is 7.00. The van der Waals surface area contributed by atoms with E-state index in [1.807, 2.05) is 0 Å². The van der Waals surface area contributed by atoms with Gasteiger partial charge in [-0.05, 0) is 18.2 Å². The molecule has 0 aliphatic heterocycles. The van der Waals surface area contributed by atoms with Crippen LogP contribution in [0.3, 0.4) is 0 Å². The summed E-state index contributed by atoms with van der Waals surface area (Å²) in [4.78, 5) is 20.3. The quantitative estimate of drug-likeness (QED) is 0.435. The molecule has 1 aromatic rings. The zero-order valence-corrected chi connectivity index (χ0v) is 7.58. The number of nitro groups is 1. The Labute approximate surface area is 84.8 Å². The monoisotopic (exact) mass is 208 g/mol. The van der Waals surface area contributed by atoms with E-state index in [1.165, 1.54) is 18.2 Å². The highest BCUT2D eigenvalue weighted by Gasteiger charge is 2.12. The zero-order valence-electron chi connectivity index (χ0n) is 7.58. The first-order valence-electron chi connectivity index (χ1n) is 3.95. The van der Waals surface area contributed by atoms with Crippen molar-refractivity contribution in [2.45, 2.75) is 0 Å². The molecule has 0 saturated carbocycles. The van der Waals surface area contributed by atoms with Crippen LogP contribution in [-0.4, -0.2) is 15.9 Å². The maximum Gasteiger partial charge on any atom is 0.280 e. The van der Waals surface area contributed by atoms with Crippen LogP contribution in [0, 0.1) is 10.1 Å². The van der Waals surface area contributed by atoms with Gasteiger partial charge in [-0.15, -0.1) is 0 Å². The van der Waals surface area contributed by atoms with Crippen molar-refractivity contribution in [2.75, 3.05) is 0 Å². The van der Waals surface area contributed by atoms with Crippen molar-refractivity contribution in [1.29, 1.82) is 0 Å². The van der Waals surface area contributed by atoms with E-state index in [4.69, 9.17) is 10.8 Å². The van der Waals surface area contributed by atoms with Crippen molar-refractivity contribution >= 4 is 17.7 Å². The van der Waals surface area contributed by atoms with E-state index in [1.54, 1.807) is 0 Å². The van der Waals surface area contributed by atoms with E-state index in [0.29, 0.717) is 0 Å². The Balaban J connectivity index is 3.17. The largest absolute Gasteiger partial charge is 0.508 e. The van der Waals surface area contributed by atoms with Gasteiger partial charge in [0, 0.05) is 6.08 Å². The molecule has 3 N–H and O–H groups in total. The van der Waals surface area contributed by atoms with E-state index in [2.05, 4.69) is 0 Å². The summed E-state index contributed by atoms with van der Waals surface area (Å²) in [6, 6.07) is 3.61. The fourth-order valence-electron chi connectivity index (χ4n) is 1.00. The predicted octanol–water partition coefficient (Wildman–Crippen LogP) is 0.799. The second-order valence-corrected chi connectivity index (χ2v) is 2.74. The molecule has 0 atom stereocenters. The van der Waals surface area contributed by atoms with E-state index in [0.717, 1.165) is 12.1 Å². The molecule has 0 unspecified atom stereocenters. The summed E-state index contributed by atoms with van der Waals surface area (Å²) < 4.78 is 0. The number of amides is 1. The minimum absolute atomic E-state index is 0.205. The number of rotatable bonds is 3. The summed E-state index contributed by atoms with van der Waals surface area (Å²) in [7, 11) is 0. The molecule has 0 heterocycles. The highest BCUT2D eigenvalue weighted by Crippen LogP contribution is 2.24. The molecular weight excluding hydrogens is 200 g/mol. The fraction of sp³-hybridized carbons (Fsp3) is 0. The number of primary amides is 1. The van der Waals surface area contributed by atoms with Crippen molar-refractivity contribution in [1.82, 2.24) is 0 Å². The van der Waals surface area contributed by atoms with Crippen LogP contribution < -0.4 is 5.73 Å². The first-order valence-corrected chi connectivity index (χ1v) is 3.95. The van der Waals surface area contributed by atoms with Crippen molar-refractivity contribution in [2.24, 2.45) is 5.73 Å². The molecule has 0 radical (unpaired) electrons. The summed E-state index contributed by atoms with van der Waals surface area (Å²) in [5, 5.41) is 19.6. The van der Waals surface area contributed by atoms with E-state index in [9.17, 15) is 14.9 Å². The lowest BCUT2D eigenvalue weighted by Crippen LogP contribution is -2.05. The number of nitrogens with two attached hydrogens (primary N) is 1. The Hall–Kier alpha value is -2.37. The lowest BCUT2D eigenvalue weighted by molar-refractivity contribution is -0.385. The molecule has 1 aromatic carbocycles. The van der Waals surface area contributed by atoms with E-state index >= 15 is 0 Å². The summed E-state index contributed by atoms with van der Waals surface area (Å²) in [5.74, 6) is -0.907. The van der Waals surface area contributed by atoms with Crippen molar-refractivity contribution in [3.05, 3.63) is 40.0 Å². The van der Waals surface area contributed by atoms with Crippen LogP contribution in [0.1, 0.15) is 5.56 Å². The molecule has 6 heteroatoms. The molecule has 0 aliphatic carbocycles. The molecule has 6 nitrogen and oxygen atoms in total. The van der Waals surface area contributed by atoms with Crippen LogP contribution in [0.25, 0.3) is 6.08 Å². The van der Waals surface area contributed by atoms with Crippen LogP contribution in [0.5, 0.6) is 5.75 Å². The SMILES string of the molecule is NC(=O)C=Cc1ccc(O)cc1[N+](=O)[O-]. The van der Waals surface area contributed by atoms with Crippen LogP contribution in [0.15, 0.2) is 24.3 Å². The van der Waals surface area contributed by atoms with Gasteiger partial charge >= 0.3 is 0 Å². The third-order valence-corrected chi connectivity index (χ3v) is 1.64. The van der Waals surface area contributed by atoms with Gasteiger partial charge in [0.2, 0.25) is 5.91 Å². The van der Waals surface area contributed by atoms with Crippen LogP contribution >= 0.6 is 0 Å². The molecule has 0 aliphatic rings. The minimum Gasteiger partial charge on any atom is -0.508 e. The van der Waals surface area contributed by atoms with Crippen LogP contribution in [0.4, 0.5) is 5.69 Å². The second-order valence-electron chi connectivity index (χ2n) is 2.74. The van der Waals surface area contributed by atoms with Gasteiger partial charge in [0.1, 0.15) is 5.75 Å². The van der Waals surface area contributed by atoms with E-state index < -0.39 is 10.8 Å². The molecule has 0 aromatic heterocycles. The van der Waals surface area contributed by atoms with Gasteiger partial charge < -0.3 is 10.8 Å². The number of nitrogens with zero attached hydrogens (tertiary/aromatic N) is 1. The summed E-state index contributed by atoms with van der Waals surface area (Å²) in [5.41, 5.74) is 4.77. The number of phenols is 1. The predicted molar refractivity (Wildman–Crippen MR) is 53.0 cm³/mol. The van der Waals surface area contributed by atoms with Crippen LogP contribution in [0.2, 0.25) is 0 Å². The number of hydrogen-bond donors (Lipinski definition) is 2. The van der Waals surface area contributed by atoms with Gasteiger partial charge in [0.15, 0.2) is 0 Å². The van der Waals surface area contributed by atoms with Gasteiger partial charge in [0.05, 0.1) is 16.6 Å². The number of hydrogen-bond acceptors (Lipinski definition) is 4. The summed E-state index contributed by atoms with van der Waals surface area (Å²) in [6.45, 7) is 0. The number of carbonyl (C=O) groups is 1. The highest BCUT2D eigenvalue weighted by molar-refractivity contribution is 5.91. The van der Waals surface area contributed by atoms with Gasteiger partial charge in [-0.3, -0.25) is 14.9 Å². The van der Waals surface area contributed by atoms with E-state index in [-0.39, 0.29) is 17.0 Å². The molecular formula is C9H8N2O4. The fourth-order valence-corrected chi connectivity index (χ4v) is 1.00. The number of carbonyl (C=O) groups excluding carboxylic acids is 1. The van der Waals surface area contributed by atoms with Crippen molar-refractivity contribution in [3.63, 3.8) is 0 Å². The van der Waals surface area contributed by atoms with Gasteiger partial charge in [-0.1, -0.05) is 0 Å². The van der Waals surface area contributed by atoms with Crippen LogP contribution in [-0.2, 0) is 4.79 Å². The maximum atomic E-state index is 10.6. The Morgan fingerprint density at radius 2 is 2.20 bits per heavy atom. The maximum absolute atomic E-state index is 10.6. The number of aromatic hydroxyl groups is 1. The molecule has 1 amide bonds. The Morgan fingerprint density at radius 1 is 1.53 bits per heavy atom. The Kier molecular flexibility index (Phi) is 3.02. The third-order valence-electron chi connectivity index (χ3n) is 1.64. The highest BCUT2D eigenvalue weighted by atomic mass is 16.6. The van der Waals surface area contributed by atoms with Crippen molar-refractivity contribution in [3.8, 4) is 5.75 Å².